The first-order chi connectivity index (χ1) is 17.4. The Kier molecular flexibility index (Phi) is 8.62. The van der Waals surface area contributed by atoms with E-state index in [1.807, 2.05) is 52.9 Å². The molecule has 0 aromatic heterocycles. The molecule has 2 unspecified atom stereocenters. The molecule has 7 heteroatoms. The molecule has 1 fully saturated rings. The monoisotopic (exact) mass is 494 g/mol. The number of carbonyl (C=O) groups excluding carboxylic acids is 2. The second kappa shape index (κ2) is 11.9. The van der Waals surface area contributed by atoms with E-state index in [0.717, 1.165) is 42.6 Å². The van der Waals surface area contributed by atoms with Crippen LogP contribution in [0.4, 0.5) is 15.8 Å². The van der Waals surface area contributed by atoms with Gasteiger partial charge in [0, 0.05) is 69.5 Å². The highest BCUT2D eigenvalue weighted by molar-refractivity contribution is 5.94. The van der Waals surface area contributed by atoms with Crippen LogP contribution in [-0.4, -0.2) is 67.4 Å². The van der Waals surface area contributed by atoms with E-state index < -0.39 is 0 Å². The van der Waals surface area contributed by atoms with Crippen LogP contribution in [0.25, 0.3) is 0 Å². The first-order valence-electron chi connectivity index (χ1n) is 13.2. The number of likely N-dealkylation sites (N-methyl/N-ethyl adjacent to an activating group) is 1. The molecule has 2 amide bonds. The van der Waals surface area contributed by atoms with E-state index in [0.29, 0.717) is 51.1 Å². The maximum atomic E-state index is 13.6. The number of nitrogens with zero attached hydrogens (tertiary/aromatic N) is 4. The SMILES string of the molecule is CCC(=O)N1CCC2CCCC(CN(C(=O)CCN(C)c3ccc(F)cc3)Cc3ccccc31)N2C. The summed E-state index contributed by atoms with van der Waals surface area (Å²) in [6.07, 6.45) is 5.10. The predicted octanol–water partition coefficient (Wildman–Crippen LogP) is 4.68. The minimum Gasteiger partial charge on any atom is -0.374 e. The van der Waals surface area contributed by atoms with Gasteiger partial charge in [-0.05, 0) is 62.2 Å². The average molecular weight is 495 g/mol. The molecule has 0 N–H and O–H groups in total. The molecule has 2 aromatic rings. The Labute approximate surface area is 214 Å². The van der Waals surface area contributed by atoms with Gasteiger partial charge in [0.25, 0.3) is 0 Å². The van der Waals surface area contributed by atoms with Crippen LogP contribution >= 0.6 is 0 Å². The zero-order chi connectivity index (χ0) is 25.7. The highest BCUT2D eigenvalue weighted by atomic mass is 19.1. The fraction of sp³-hybridized carbons (Fsp3) is 0.517. The van der Waals surface area contributed by atoms with Gasteiger partial charge in [-0.3, -0.25) is 14.5 Å². The van der Waals surface area contributed by atoms with E-state index in [1.54, 1.807) is 12.1 Å². The molecule has 6 nitrogen and oxygen atoms in total. The lowest BCUT2D eigenvalue weighted by atomic mass is 9.93. The van der Waals surface area contributed by atoms with E-state index in [4.69, 9.17) is 0 Å². The van der Waals surface area contributed by atoms with E-state index in [2.05, 4.69) is 11.9 Å². The fourth-order valence-electron chi connectivity index (χ4n) is 5.58. The van der Waals surface area contributed by atoms with Gasteiger partial charge >= 0.3 is 0 Å². The van der Waals surface area contributed by atoms with Crippen LogP contribution in [0.1, 0.15) is 51.0 Å². The third kappa shape index (κ3) is 6.06. The molecule has 2 aliphatic heterocycles. The Morgan fingerprint density at radius 1 is 1.00 bits per heavy atom. The fourth-order valence-corrected chi connectivity index (χ4v) is 5.58. The highest BCUT2D eigenvalue weighted by Gasteiger charge is 2.32. The van der Waals surface area contributed by atoms with Gasteiger partial charge in [-0.25, -0.2) is 4.39 Å². The van der Waals surface area contributed by atoms with Gasteiger partial charge in [0.1, 0.15) is 5.82 Å². The van der Waals surface area contributed by atoms with Gasteiger partial charge in [-0.15, -0.1) is 0 Å². The van der Waals surface area contributed by atoms with Gasteiger partial charge < -0.3 is 14.7 Å². The Balaban J connectivity index is 1.58. The summed E-state index contributed by atoms with van der Waals surface area (Å²) in [7, 11) is 4.10. The summed E-state index contributed by atoms with van der Waals surface area (Å²) in [6, 6.07) is 15.1. The standard InChI is InChI=1S/C29H39FN4O2/c1-4-28(35)34-19-16-25-9-7-10-26(32(25)3)21-33(20-22-8-5-6-11-27(22)34)29(36)17-18-31(2)24-14-12-23(30)13-15-24/h5-6,8,11-15,25-26H,4,7,9-10,16-21H2,1-3H3. The summed E-state index contributed by atoms with van der Waals surface area (Å²) in [5.74, 6) is -0.0478. The number of hydrogen-bond donors (Lipinski definition) is 0. The van der Waals surface area contributed by atoms with Crippen molar-refractivity contribution in [2.45, 2.75) is 64.1 Å². The van der Waals surface area contributed by atoms with Crippen molar-refractivity contribution in [2.75, 3.05) is 43.5 Å². The maximum Gasteiger partial charge on any atom is 0.226 e. The van der Waals surface area contributed by atoms with Gasteiger partial charge in [0.15, 0.2) is 0 Å². The van der Waals surface area contributed by atoms with Crippen LogP contribution in [0.15, 0.2) is 48.5 Å². The normalized spacial score (nSPS) is 20.9. The lowest BCUT2D eigenvalue weighted by Gasteiger charge is -2.42. The summed E-state index contributed by atoms with van der Waals surface area (Å²) in [4.78, 5) is 35.0. The van der Waals surface area contributed by atoms with Crippen molar-refractivity contribution >= 4 is 23.2 Å². The van der Waals surface area contributed by atoms with Crippen molar-refractivity contribution in [3.05, 3.63) is 59.9 Å². The van der Waals surface area contributed by atoms with E-state index >= 15 is 0 Å². The minimum absolute atomic E-state index is 0.0990. The second-order valence-corrected chi connectivity index (χ2v) is 10.1. The number of amides is 2. The van der Waals surface area contributed by atoms with Crippen LogP contribution < -0.4 is 9.80 Å². The molecule has 0 saturated carbocycles. The van der Waals surface area contributed by atoms with Crippen molar-refractivity contribution in [1.82, 2.24) is 9.80 Å². The zero-order valence-corrected chi connectivity index (χ0v) is 21.8. The number of carbonyl (C=O) groups is 2. The Hall–Kier alpha value is -2.93. The molecule has 4 rings (SSSR count). The average Bonchev–Trinajstić information content (AvgIpc) is 2.90. The quantitative estimate of drug-likeness (QED) is 0.606. The summed E-state index contributed by atoms with van der Waals surface area (Å²) in [5.41, 5.74) is 2.82. The Bertz CT molecular complexity index is 1040. The summed E-state index contributed by atoms with van der Waals surface area (Å²) in [6.45, 7) is 4.32. The third-order valence-corrected chi connectivity index (χ3v) is 7.87. The van der Waals surface area contributed by atoms with E-state index in [9.17, 15) is 14.0 Å². The van der Waals surface area contributed by atoms with Crippen LogP contribution in [0.2, 0.25) is 0 Å². The molecular formula is C29H39FN4O2. The summed E-state index contributed by atoms with van der Waals surface area (Å²) >= 11 is 0. The van der Waals surface area contributed by atoms with Crippen molar-refractivity contribution in [2.24, 2.45) is 0 Å². The maximum absolute atomic E-state index is 13.6. The lowest BCUT2D eigenvalue weighted by Crippen LogP contribution is -2.51. The molecule has 36 heavy (non-hydrogen) atoms. The molecule has 2 aromatic carbocycles. The number of fused-ring (bicyclic) bond motifs is 3. The molecule has 2 aliphatic rings. The van der Waals surface area contributed by atoms with Crippen molar-refractivity contribution in [3.8, 4) is 0 Å². The van der Waals surface area contributed by atoms with E-state index in [-0.39, 0.29) is 17.6 Å². The van der Waals surface area contributed by atoms with Crippen molar-refractivity contribution in [1.29, 1.82) is 0 Å². The predicted molar refractivity (Wildman–Crippen MR) is 143 cm³/mol. The molecule has 0 radical (unpaired) electrons. The number of halogens is 1. The molecule has 0 aliphatic carbocycles. The van der Waals surface area contributed by atoms with Crippen LogP contribution in [0, 0.1) is 5.82 Å². The second-order valence-electron chi connectivity index (χ2n) is 10.1. The van der Waals surface area contributed by atoms with Crippen LogP contribution in [0.5, 0.6) is 0 Å². The molecule has 194 valence electrons. The largest absolute Gasteiger partial charge is 0.374 e. The van der Waals surface area contributed by atoms with Crippen LogP contribution in [0.3, 0.4) is 0 Å². The van der Waals surface area contributed by atoms with Gasteiger partial charge in [-0.2, -0.15) is 0 Å². The van der Waals surface area contributed by atoms with E-state index in [1.165, 1.54) is 12.1 Å². The summed E-state index contributed by atoms with van der Waals surface area (Å²) < 4.78 is 13.3. The smallest absolute Gasteiger partial charge is 0.226 e. The number of benzene rings is 2. The number of piperidine rings is 1. The third-order valence-electron chi connectivity index (χ3n) is 7.87. The van der Waals surface area contributed by atoms with Gasteiger partial charge in [-0.1, -0.05) is 31.5 Å². The number of para-hydroxylation sites is 1. The number of anilines is 2. The Morgan fingerprint density at radius 2 is 1.72 bits per heavy atom. The van der Waals surface area contributed by atoms with Crippen LogP contribution in [-0.2, 0) is 16.1 Å². The lowest BCUT2D eigenvalue weighted by molar-refractivity contribution is -0.132. The summed E-state index contributed by atoms with van der Waals surface area (Å²) in [5, 5.41) is 0. The topological polar surface area (TPSA) is 47.1 Å². The zero-order valence-electron chi connectivity index (χ0n) is 21.8. The minimum atomic E-state index is -0.268. The van der Waals surface area contributed by atoms with Crippen molar-refractivity contribution in [3.63, 3.8) is 0 Å². The van der Waals surface area contributed by atoms with Gasteiger partial charge in [0.2, 0.25) is 11.8 Å². The molecule has 0 spiro atoms. The molecule has 2 atom stereocenters. The first-order valence-corrected chi connectivity index (χ1v) is 13.2. The molecule has 2 bridgehead atoms. The highest BCUT2D eigenvalue weighted by Crippen LogP contribution is 2.30. The van der Waals surface area contributed by atoms with Gasteiger partial charge in [0.05, 0.1) is 0 Å². The molecule has 1 saturated heterocycles. The number of hydrogen-bond acceptors (Lipinski definition) is 4. The first kappa shape index (κ1) is 26.1. The van der Waals surface area contributed by atoms with Crippen molar-refractivity contribution < 1.29 is 14.0 Å². The Morgan fingerprint density at radius 3 is 2.47 bits per heavy atom. The molecular weight excluding hydrogens is 455 g/mol. The molecule has 2 heterocycles. The number of rotatable bonds is 5.